The van der Waals surface area contributed by atoms with Crippen LogP contribution in [-0.2, 0) is 0 Å². The van der Waals surface area contributed by atoms with Crippen molar-refractivity contribution in [1.82, 2.24) is 29.5 Å². The van der Waals surface area contributed by atoms with E-state index >= 15 is 0 Å². The molecule has 0 bridgehead atoms. The Morgan fingerprint density at radius 2 is 1.81 bits per heavy atom. The van der Waals surface area contributed by atoms with Gasteiger partial charge in [-0.2, -0.15) is 0 Å². The molecular weight excluding hydrogens is 338 g/mol. The van der Waals surface area contributed by atoms with Gasteiger partial charge >= 0.3 is 0 Å². The van der Waals surface area contributed by atoms with Gasteiger partial charge in [0.1, 0.15) is 0 Å². The lowest BCUT2D eigenvalue weighted by Crippen LogP contribution is -2.37. The first kappa shape index (κ1) is 16.1. The van der Waals surface area contributed by atoms with E-state index in [1.54, 1.807) is 12.4 Å². The molecule has 3 aromatic heterocycles. The van der Waals surface area contributed by atoms with Gasteiger partial charge in [-0.1, -0.05) is 6.07 Å². The summed E-state index contributed by atoms with van der Waals surface area (Å²) in [5.74, 6) is 0.684. The fourth-order valence-electron chi connectivity index (χ4n) is 3.68. The summed E-state index contributed by atoms with van der Waals surface area (Å²) in [5, 5.41) is 8.13. The van der Waals surface area contributed by atoms with Crippen LogP contribution in [0.15, 0.2) is 49.1 Å². The van der Waals surface area contributed by atoms with Crippen LogP contribution < -0.4 is 5.32 Å². The lowest BCUT2D eigenvalue weighted by Gasteiger charge is -2.29. The minimum Gasteiger partial charge on any atom is -0.350 e. The highest BCUT2D eigenvalue weighted by Crippen LogP contribution is 2.27. The Kier molecular flexibility index (Phi) is 3.94. The van der Waals surface area contributed by atoms with E-state index in [-0.39, 0.29) is 0 Å². The number of hydrogen-bond donors (Lipinski definition) is 1. The normalized spacial score (nSPS) is 16.2. The number of likely N-dealkylation sites (tertiary alicyclic amines) is 1. The first-order valence-electron chi connectivity index (χ1n) is 9.27. The number of nitrogens with zero attached hydrogens (tertiary/aromatic N) is 6. The zero-order chi connectivity index (χ0) is 18.2. The molecule has 1 aliphatic heterocycles. The third-order valence-corrected chi connectivity index (χ3v) is 5.25. The van der Waals surface area contributed by atoms with Gasteiger partial charge in [0.25, 0.3) is 0 Å². The zero-order valence-electron chi connectivity index (χ0n) is 15.2. The number of rotatable bonds is 3. The number of fused-ring (bicyclic) bond motifs is 2. The van der Waals surface area contributed by atoms with Gasteiger partial charge in [0.05, 0.1) is 22.7 Å². The van der Waals surface area contributed by atoms with Crippen LogP contribution >= 0.6 is 0 Å². The fourth-order valence-corrected chi connectivity index (χ4v) is 3.68. The van der Waals surface area contributed by atoms with Gasteiger partial charge in [-0.25, -0.2) is 9.50 Å². The summed E-state index contributed by atoms with van der Waals surface area (Å²) < 4.78 is 1.89. The van der Waals surface area contributed by atoms with Crippen molar-refractivity contribution in [1.29, 1.82) is 0 Å². The van der Waals surface area contributed by atoms with Crippen molar-refractivity contribution in [2.75, 3.05) is 25.5 Å². The van der Waals surface area contributed by atoms with E-state index in [1.807, 2.05) is 23.0 Å². The summed E-state index contributed by atoms with van der Waals surface area (Å²) in [5.41, 5.74) is 4.94. The van der Waals surface area contributed by atoms with Crippen LogP contribution in [0.25, 0.3) is 27.7 Å². The Balaban J connectivity index is 1.44. The van der Waals surface area contributed by atoms with E-state index in [1.165, 1.54) is 0 Å². The molecule has 1 N–H and O–H groups in total. The first-order chi connectivity index (χ1) is 13.3. The van der Waals surface area contributed by atoms with Crippen LogP contribution in [0, 0.1) is 0 Å². The van der Waals surface area contributed by atoms with Crippen molar-refractivity contribution in [3.05, 3.63) is 49.1 Å². The molecule has 7 nitrogen and oxygen atoms in total. The monoisotopic (exact) mass is 359 g/mol. The van der Waals surface area contributed by atoms with Crippen LogP contribution in [0.2, 0.25) is 0 Å². The van der Waals surface area contributed by atoms with E-state index in [2.05, 4.69) is 55.5 Å². The lowest BCUT2D eigenvalue weighted by molar-refractivity contribution is 0.263. The summed E-state index contributed by atoms with van der Waals surface area (Å²) in [6.07, 6.45) is 9.53. The molecule has 1 fully saturated rings. The van der Waals surface area contributed by atoms with Gasteiger partial charge in [-0.05, 0) is 56.7 Å². The van der Waals surface area contributed by atoms with Gasteiger partial charge in [0, 0.05) is 30.2 Å². The highest BCUT2D eigenvalue weighted by Gasteiger charge is 2.17. The molecule has 27 heavy (non-hydrogen) atoms. The molecular formula is C20H21N7. The van der Waals surface area contributed by atoms with Crippen molar-refractivity contribution in [3.63, 3.8) is 0 Å². The fraction of sp³-hybridized carbons (Fsp3) is 0.300. The molecule has 0 unspecified atom stereocenters. The molecule has 0 radical (unpaired) electrons. The minimum absolute atomic E-state index is 0.438. The maximum Gasteiger partial charge on any atom is 0.241 e. The van der Waals surface area contributed by atoms with Gasteiger partial charge in [-0.3, -0.25) is 9.97 Å². The third kappa shape index (κ3) is 3.10. The average Bonchev–Trinajstić information content (AvgIpc) is 3.12. The molecule has 0 atom stereocenters. The summed E-state index contributed by atoms with van der Waals surface area (Å²) in [6, 6.07) is 8.63. The molecule has 5 rings (SSSR count). The second-order valence-electron chi connectivity index (χ2n) is 7.12. The molecule has 1 aromatic carbocycles. The van der Waals surface area contributed by atoms with Crippen molar-refractivity contribution in [2.24, 2.45) is 0 Å². The van der Waals surface area contributed by atoms with Crippen LogP contribution in [0.1, 0.15) is 12.8 Å². The van der Waals surface area contributed by atoms with E-state index < -0.39 is 0 Å². The van der Waals surface area contributed by atoms with Crippen LogP contribution in [-0.4, -0.2) is 55.6 Å². The van der Waals surface area contributed by atoms with Gasteiger partial charge in [-0.15, -0.1) is 5.10 Å². The Morgan fingerprint density at radius 1 is 1.00 bits per heavy atom. The second kappa shape index (κ2) is 6.59. The Morgan fingerprint density at radius 3 is 2.67 bits per heavy atom. The van der Waals surface area contributed by atoms with Crippen LogP contribution in [0.3, 0.4) is 0 Å². The number of nitrogens with one attached hydrogen (secondary N) is 1. The number of benzene rings is 1. The van der Waals surface area contributed by atoms with Gasteiger partial charge < -0.3 is 10.2 Å². The Hall–Kier alpha value is -3.06. The molecule has 1 saturated heterocycles. The zero-order valence-corrected chi connectivity index (χ0v) is 15.2. The molecule has 0 spiro atoms. The van der Waals surface area contributed by atoms with E-state index in [4.69, 9.17) is 0 Å². The SMILES string of the molecule is CN1CCC(Nc2ncc3c(-c4ccc5nccnc5c4)ccn3n2)CC1. The predicted octanol–water partition coefficient (Wildman–Crippen LogP) is 2.85. The molecule has 1 aliphatic rings. The van der Waals surface area contributed by atoms with E-state index in [0.29, 0.717) is 12.0 Å². The summed E-state index contributed by atoms with van der Waals surface area (Å²) in [4.78, 5) is 15.6. The second-order valence-corrected chi connectivity index (χ2v) is 7.12. The topological polar surface area (TPSA) is 71.2 Å². The highest BCUT2D eigenvalue weighted by atomic mass is 15.3. The highest BCUT2D eigenvalue weighted by molar-refractivity contribution is 5.86. The molecule has 4 aromatic rings. The first-order valence-corrected chi connectivity index (χ1v) is 9.27. The molecule has 4 heterocycles. The lowest BCUT2D eigenvalue weighted by atomic mass is 10.1. The van der Waals surface area contributed by atoms with Crippen molar-refractivity contribution < 1.29 is 0 Å². The Labute approximate surface area is 157 Å². The summed E-state index contributed by atoms with van der Waals surface area (Å²) in [7, 11) is 2.17. The maximum absolute atomic E-state index is 4.65. The predicted molar refractivity (Wildman–Crippen MR) is 106 cm³/mol. The standard InChI is InChI=1S/C20H21N7/c1-26-9-4-15(5-10-26)24-20-23-13-19-16(6-11-27(19)25-20)14-2-3-17-18(12-14)22-8-7-21-17/h2-3,6-8,11-13,15H,4-5,9-10H2,1H3,(H,24,25). The minimum atomic E-state index is 0.438. The molecule has 136 valence electrons. The third-order valence-electron chi connectivity index (χ3n) is 5.25. The van der Waals surface area contributed by atoms with Crippen molar-refractivity contribution >= 4 is 22.5 Å². The number of hydrogen-bond acceptors (Lipinski definition) is 6. The molecule has 7 heteroatoms. The Bertz CT molecular complexity index is 1100. The van der Waals surface area contributed by atoms with E-state index in [9.17, 15) is 0 Å². The molecule has 0 amide bonds. The van der Waals surface area contributed by atoms with Gasteiger partial charge in [0.2, 0.25) is 5.95 Å². The molecule has 0 aliphatic carbocycles. The quantitative estimate of drug-likeness (QED) is 0.606. The van der Waals surface area contributed by atoms with Crippen LogP contribution in [0.5, 0.6) is 0 Å². The maximum atomic E-state index is 4.65. The van der Waals surface area contributed by atoms with Gasteiger partial charge in [0.15, 0.2) is 0 Å². The van der Waals surface area contributed by atoms with Crippen molar-refractivity contribution in [2.45, 2.75) is 18.9 Å². The number of piperidine rings is 1. The van der Waals surface area contributed by atoms with E-state index in [0.717, 1.165) is 53.6 Å². The summed E-state index contributed by atoms with van der Waals surface area (Å²) in [6.45, 7) is 2.22. The smallest absolute Gasteiger partial charge is 0.241 e. The van der Waals surface area contributed by atoms with Crippen LogP contribution in [0.4, 0.5) is 5.95 Å². The average molecular weight is 359 g/mol. The summed E-state index contributed by atoms with van der Waals surface area (Å²) >= 11 is 0. The van der Waals surface area contributed by atoms with Crippen molar-refractivity contribution in [3.8, 4) is 11.1 Å². The molecule has 0 saturated carbocycles. The number of anilines is 1. The largest absolute Gasteiger partial charge is 0.350 e. The number of aromatic nitrogens is 5.